The van der Waals surface area contributed by atoms with Crippen molar-refractivity contribution in [1.82, 2.24) is 9.97 Å². The van der Waals surface area contributed by atoms with Gasteiger partial charge in [0.15, 0.2) is 0 Å². The number of aliphatic imine (C=N–C) groups is 1. The highest BCUT2D eigenvalue weighted by molar-refractivity contribution is 6.12. The molecule has 0 unspecified atom stereocenters. The van der Waals surface area contributed by atoms with E-state index in [1.807, 2.05) is 12.3 Å². The zero-order chi connectivity index (χ0) is 11.9. The number of fused-ring (bicyclic) bond motifs is 1. The second-order valence-corrected chi connectivity index (χ2v) is 5.45. The largest absolute Gasteiger partial charge is 0.284 e. The Morgan fingerprint density at radius 1 is 1.24 bits per heavy atom. The normalized spacial score (nSPS) is 22.4. The molecular weight excluding hydrogens is 210 g/mol. The summed E-state index contributed by atoms with van der Waals surface area (Å²) in [5, 5.41) is 0. The highest BCUT2D eigenvalue weighted by Crippen LogP contribution is 2.42. The number of hydrogen-bond acceptors (Lipinski definition) is 3. The summed E-state index contributed by atoms with van der Waals surface area (Å²) in [6, 6.07) is 1.99. The van der Waals surface area contributed by atoms with Crippen LogP contribution in [0.1, 0.15) is 38.8 Å². The summed E-state index contributed by atoms with van der Waals surface area (Å²) in [6.45, 7) is 5.40. The lowest BCUT2D eigenvalue weighted by molar-refractivity contribution is 0.438. The molecule has 1 saturated carbocycles. The van der Waals surface area contributed by atoms with Crippen LogP contribution in [0, 0.1) is 5.41 Å². The van der Waals surface area contributed by atoms with Crippen molar-refractivity contribution in [3.63, 3.8) is 0 Å². The maximum Gasteiger partial charge on any atom is 0.116 e. The van der Waals surface area contributed by atoms with E-state index in [-0.39, 0.29) is 5.41 Å². The van der Waals surface area contributed by atoms with Crippen LogP contribution >= 0.6 is 0 Å². The van der Waals surface area contributed by atoms with Gasteiger partial charge in [0.25, 0.3) is 0 Å². The predicted molar refractivity (Wildman–Crippen MR) is 68.9 cm³/mol. The predicted octanol–water partition coefficient (Wildman–Crippen LogP) is 2.89. The lowest BCUT2D eigenvalue weighted by Gasteiger charge is -2.32. The molecule has 3 rings (SSSR count). The first-order valence-corrected chi connectivity index (χ1v) is 6.22. The molecule has 1 aliphatic heterocycles. The third-order valence-corrected chi connectivity index (χ3v) is 3.81. The van der Waals surface area contributed by atoms with Gasteiger partial charge < -0.3 is 0 Å². The highest BCUT2D eigenvalue weighted by Gasteiger charge is 2.35. The van der Waals surface area contributed by atoms with Gasteiger partial charge in [0.05, 0.1) is 12.2 Å². The fourth-order valence-corrected chi connectivity index (χ4v) is 2.91. The van der Waals surface area contributed by atoms with Gasteiger partial charge in [-0.3, -0.25) is 4.99 Å². The fourth-order valence-electron chi connectivity index (χ4n) is 2.91. The molecule has 0 spiro atoms. The third-order valence-electron chi connectivity index (χ3n) is 3.81. The third kappa shape index (κ3) is 1.70. The first-order chi connectivity index (χ1) is 8.18. The van der Waals surface area contributed by atoms with Crippen molar-refractivity contribution in [3.8, 4) is 0 Å². The van der Waals surface area contributed by atoms with Crippen molar-refractivity contribution >= 4 is 11.3 Å². The van der Waals surface area contributed by atoms with Crippen LogP contribution in [0.4, 0.5) is 0 Å². The average molecular weight is 227 g/mol. The van der Waals surface area contributed by atoms with E-state index in [0.29, 0.717) is 0 Å². The smallest absolute Gasteiger partial charge is 0.116 e. The van der Waals surface area contributed by atoms with Gasteiger partial charge in [-0.15, -0.1) is 0 Å². The molecule has 0 aromatic carbocycles. The number of aromatic nitrogens is 2. The summed E-state index contributed by atoms with van der Waals surface area (Å²) in [7, 11) is 0. The van der Waals surface area contributed by atoms with Crippen molar-refractivity contribution < 1.29 is 0 Å². The van der Waals surface area contributed by atoms with E-state index in [1.54, 1.807) is 6.33 Å². The van der Waals surface area contributed by atoms with Gasteiger partial charge in [0.2, 0.25) is 0 Å². The monoisotopic (exact) mass is 227 g/mol. The molecule has 3 heteroatoms. The Hall–Kier alpha value is -1.51. The second kappa shape index (κ2) is 3.76. The van der Waals surface area contributed by atoms with Crippen LogP contribution in [0.5, 0.6) is 0 Å². The lowest BCUT2D eigenvalue weighted by Crippen LogP contribution is -2.28. The molecule has 88 valence electrons. The summed E-state index contributed by atoms with van der Waals surface area (Å²) in [4.78, 5) is 13.1. The molecule has 0 atom stereocenters. The number of rotatable bonds is 1. The highest BCUT2D eigenvalue weighted by atomic mass is 14.9. The van der Waals surface area contributed by atoms with Gasteiger partial charge >= 0.3 is 0 Å². The zero-order valence-electron chi connectivity index (χ0n) is 10.4. The summed E-state index contributed by atoms with van der Waals surface area (Å²) in [5.41, 5.74) is 5.36. The van der Waals surface area contributed by atoms with Crippen molar-refractivity contribution in [2.75, 3.05) is 6.54 Å². The van der Waals surface area contributed by atoms with Gasteiger partial charge in [-0.25, -0.2) is 9.97 Å². The van der Waals surface area contributed by atoms with Gasteiger partial charge in [-0.2, -0.15) is 0 Å². The zero-order valence-corrected chi connectivity index (χ0v) is 10.4. The van der Waals surface area contributed by atoms with Gasteiger partial charge in [-0.05, 0) is 30.9 Å². The number of hydrogen-bond donors (Lipinski definition) is 0. The van der Waals surface area contributed by atoms with Gasteiger partial charge in [0.1, 0.15) is 6.33 Å². The maximum absolute atomic E-state index is 4.75. The van der Waals surface area contributed by atoms with Crippen LogP contribution in [0.25, 0.3) is 5.57 Å². The van der Waals surface area contributed by atoms with E-state index in [1.165, 1.54) is 29.7 Å². The Kier molecular flexibility index (Phi) is 2.35. The van der Waals surface area contributed by atoms with Crippen molar-refractivity contribution in [2.24, 2.45) is 10.4 Å². The molecule has 1 aromatic heterocycles. The van der Waals surface area contributed by atoms with Gasteiger partial charge in [0, 0.05) is 22.9 Å². The molecule has 1 fully saturated rings. The first kappa shape index (κ1) is 10.6. The summed E-state index contributed by atoms with van der Waals surface area (Å²) < 4.78 is 0. The van der Waals surface area contributed by atoms with Crippen LogP contribution in [-0.4, -0.2) is 22.2 Å². The minimum absolute atomic E-state index is 0.238. The molecule has 0 saturated heterocycles. The second-order valence-electron chi connectivity index (χ2n) is 5.45. The molecule has 3 nitrogen and oxygen atoms in total. The van der Waals surface area contributed by atoms with Crippen LogP contribution in [-0.2, 0) is 0 Å². The summed E-state index contributed by atoms with van der Waals surface area (Å²) in [5.74, 6) is 0. The van der Waals surface area contributed by atoms with E-state index in [0.717, 1.165) is 18.7 Å². The van der Waals surface area contributed by atoms with Crippen LogP contribution in [0.15, 0.2) is 29.2 Å². The maximum atomic E-state index is 4.75. The minimum Gasteiger partial charge on any atom is -0.284 e. The Bertz CT molecular complexity index is 497. The molecule has 2 aliphatic rings. The van der Waals surface area contributed by atoms with Crippen LogP contribution < -0.4 is 0 Å². The minimum atomic E-state index is 0.238. The molecule has 0 radical (unpaired) electrons. The Balaban J connectivity index is 2.05. The van der Waals surface area contributed by atoms with E-state index < -0.39 is 0 Å². The molecular formula is C14H17N3. The van der Waals surface area contributed by atoms with E-state index in [9.17, 15) is 0 Å². The van der Waals surface area contributed by atoms with Crippen LogP contribution in [0.2, 0.25) is 0 Å². The Morgan fingerprint density at radius 2 is 2.12 bits per heavy atom. The Labute approximate surface area is 102 Å². The van der Waals surface area contributed by atoms with Gasteiger partial charge in [-0.1, -0.05) is 13.8 Å². The molecule has 0 bridgehead atoms. The molecule has 1 aliphatic carbocycles. The van der Waals surface area contributed by atoms with Crippen molar-refractivity contribution in [1.29, 1.82) is 0 Å². The summed E-state index contributed by atoms with van der Waals surface area (Å²) >= 11 is 0. The quantitative estimate of drug-likeness (QED) is 0.740. The van der Waals surface area contributed by atoms with Crippen molar-refractivity contribution in [3.05, 3.63) is 29.9 Å². The number of nitrogens with zero attached hydrogens (tertiary/aromatic N) is 3. The van der Waals surface area contributed by atoms with Crippen molar-refractivity contribution in [2.45, 2.75) is 33.1 Å². The SMILES string of the molecule is CC1(C)CCCC2=C(c3ccncn3)CN=C21. The molecule has 17 heavy (non-hydrogen) atoms. The first-order valence-electron chi connectivity index (χ1n) is 6.22. The van der Waals surface area contributed by atoms with Crippen LogP contribution in [0.3, 0.4) is 0 Å². The van der Waals surface area contributed by atoms with E-state index in [2.05, 4.69) is 23.8 Å². The molecule has 2 heterocycles. The van der Waals surface area contributed by atoms with E-state index in [4.69, 9.17) is 4.99 Å². The molecule has 0 amide bonds. The standard InChI is InChI=1S/C14H17N3/c1-14(2)6-3-4-10-11(8-16-13(10)14)12-5-7-15-9-17-12/h5,7,9H,3-4,6,8H2,1-2H3. The number of allylic oxidation sites excluding steroid dienone is 1. The molecule has 1 aromatic rings. The summed E-state index contributed by atoms with van der Waals surface area (Å²) in [6.07, 6.45) is 7.08. The molecule has 0 N–H and O–H groups in total. The average Bonchev–Trinajstić information content (AvgIpc) is 2.75. The Morgan fingerprint density at radius 3 is 2.88 bits per heavy atom. The fraction of sp³-hybridized carbons (Fsp3) is 0.500. The van der Waals surface area contributed by atoms with E-state index >= 15 is 0 Å². The topological polar surface area (TPSA) is 38.1 Å². The lowest BCUT2D eigenvalue weighted by atomic mass is 9.72.